The van der Waals surface area contributed by atoms with Crippen molar-refractivity contribution in [2.24, 2.45) is 0 Å². The molecule has 6 nitrogen and oxygen atoms in total. The minimum Gasteiger partial charge on any atom is -0.399 e. The molecule has 0 saturated heterocycles. The van der Waals surface area contributed by atoms with Crippen molar-refractivity contribution >= 4 is 38.9 Å². The van der Waals surface area contributed by atoms with Gasteiger partial charge in [0.15, 0.2) is 0 Å². The number of rotatable bonds is 3. The summed E-state index contributed by atoms with van der Waals surface area (Å²) in [5, 5.41) is 13.6. The normalized spacial score (nSPS) is 10.2. The molecule has 3 N–H and O–H groups in total. The highest BCUT2D eigenvalue weighted by Gasteiger charge is 2.16. The number of anilines is 2. The van der Waals surface area contributed by atoms with E-state index in [1.54, 1.807) is 25.1 Å². The topological polar surface area (TPSA) is 98.3 Å². The highest BCUT2D eigenvalue weighted by molar-refractivity contribution is 9.10. The quantitative estimate of drug-likeness (QED) is 0.503. The lowest BCUT2D eigenvalue weighted by molar-refractivity contribution is -0.385. The fourth-order valence-electron chi connectivity index (χ4n) is 1.86. The van der Waals surface area contributed by atoms with Gasteiger partial charge >= 0.3 is 0 Å². The first-order valence-corrected chi connectivity index (χ1v) is 6.80. The summed E-state index contributed by atoms with van der Waals surface area (Å²) < 4.78 is 0.595. The first-order valence-electron chi connectivity index (χ1n) is 6.00. The number of nitrogens with two attached hydrogens (primary N) is 1. The second-order valence-electron chi connectivity index (χ2n) is 4.40. The van der Waals surface area contributed by atoms with Crippen LogP contribution in [0.25, 0.3) is 0 Å². The van der Waals surface area contributed by atoms with Gasteiger partial charge in [-0.25, -0.2) is 0 Å². The van der Waals surface area contributed by atoms with Crippen molar-refractivity contribution in [2.75, 3.05) is 11.1 Å². The molecule has 0 aliphatic rings. The standard InChI is InChI=1S/C14H12BrN3O3/c1-8-12(3-2-4-13(8)18(20)21)17-14(19)10-7-9(16)5-6-11(10)15/h2-7H,16H2,1H3,(H,17,19). The van der Waals surface area contributed by atoms with Crippen molar-refractivity contribution in [2.45, 2.75) is 6.92 Å². The Hall–Kier alpha value is -2.41. The number of nitro groups is 1. The second-order valence-corrected chi connectivity index (χ2v) is 5.25. The zero-order valence-corrected chi connectivity index (χ0v) is 12.7. The molecule has 0 spiro atoms. The van der Waals surface area contributed by atoms with E-state index in [4.69, 9.17) is 5.73 Å². The van der Waals surface area contributed by atoms with Gasteiger partial charge < -0.3 is 11.1 Å². The van der Waals surface area contributed by atoms with Crippen LogP contribution in [0.3, 0.4) is 0 Å². The Balaban J connectivity index is 2.34. The molecule has 0 fully saturated rings. The largest absolute Gasteiger partial charge is 0.399 e. The van der Waals surface area contributed by atoms with Crippen LogP contribution in [0.1, 0.15) is 15.9 Å². The number of amides is 1. The maximum Gasteiger partial charge on any atom is 0.274 e. The molecule has 0 heterocycles. The van der Waals surface area contributed by atoms with Gasteiger partial charge in [0.05, 0.1) is 21.7 Å². The van der Waals surface area contributed by atoms with Gasteiger partial charge in [0, 0.05) is 16.2 Å². The third kappa shape index (κ3) is 3.19. The molecule has 2 aromatic carbocycles. The van der Waals surface area contributed by atoms with E-state index >= 15 is 0 Å². The molecule has 21 heavy (non-hydrogen) atoms. The van der Waals surface area contributed by atoms with Crippen LogP contribution in [0.15, 0.2) is 40.9 Å². The number of carbonyl (C=O) groups is 1. The Morgan fingerprint density at radius 3 is 2.71 bits per heavy atom. The molecule has 0 radical (unpaired) electrons. The molecule has 1 amide bonds. The van der Waals surface area contributed by atoms with Crippen molar-refractivity contribution in [3.8, 4) is 0 Å². The fraction of sp³-hybridized carbons (Fsp3) is 0.0714. The van der Waals surface area contributed by atoms with Crippen LogP contribution in [0.5, 0.6) is 0 Å². The van der Waals surface area contributed by atoms with E-state index in [1.165, 1.54) is 18.2 Å². The summed E-state index contributed by atoms with van der Waals surface area (Å²) in [4.78, 5) is 22.7. The van der Waals surface area contributed by atoms with E-state index in [-0.39, 0.29) is 5.69 Å². The molecule has 0 bridgehead atoms. The Morgan fingerprint density at radius 1 is 1.33 bits per heavy atom. The van der Waals surface area contributed by atoms with Crippen molar-refractivity contribution in [3.63, 3.8) is 0 Å². The zero-order valence-electron chi connectivity index (χ0n) is 11.1. The molecule has 2 aromatic rings. The Morgan fingerprint density at radius 2 is 2.05 bits per heavy atom. The molecule has 108 valence electrons. The van der Waals surface area contributed by atoms with E-state index in [0.29, 0.717) is 27.0 Å². The summed E-state index contributed by atoms with van der Waals surface area (Å²) in [5.41, 5.74) is 7.23. The molecule has 7 heteroatoms. The summed E-state index contributed by atoms with van der Waals surface area (Å²) in [6.45, 7) is 1.59. The van der Waals surface area contributed by atoms with Gasteiger partial charge in [-0.05, 0) is 47.1 Å². The van der Waals surface area contributed by atoms with E-state index in [2.05, 4.69) is 21.2 Å². The average molecular weight is 350 g/mol. The van der Waals surface area contributed by atoms with Gasteiger partial charge in [-0.1, -0.05) is 6.07 Å². The predicted molar refractivity (Wildman–Crippen MR) is 84.3 cm³/mol. The lowest BCUT2D eigenvalue weighted by atomic mass is 10.1. The zero-order chi connectivity index (χ0) is 15.6. The number of halogens is 1. The van der Waals surface area contributed by atoms with Crippen LogP contribution >= 0.6 is 15.9 Å². The molecular weight excluding hydrogens is 338 g/mol. The first kappa shape index (κ1) is 15.0. The van der Waals surface area contributed by atoms with Gasteiger partial charge in [0.2, 0.25) is 0 Å². The Bertz CT molecular complexity index is 731. The molecular formula is C14H12BrN3O3. The third-order valence-corrected chi connectivity index (χ3v) is 3.68. The van der Waals surface area contributed by atoms with Crippen LogP contribution in [-0.2, 0) is 0 Å². The number of hydrogen-bond acceptors (Lipinski definition) is 4. The number of nitrogens with zero attached hydrogens (tertiary/aromatic N) is 1. The molecule has 0 atom stereocenters. The highest BCUT2D eigenvalue weighted by Crippen LogP contribution is 2.26. The first-order chi connectivity index (χ1) is 9.90. The van der Waals surface area contributed by atoms with Crippen LogP contribution in [0.2, 0.25) is 0 Å². The monoisotopic (exact) mass is 349 g/mol. The van der Waals surface area contributed by atoms with Gasteiger partial charge in [-0.15, -0.1) is 0 Å². The van der Waals surface area contributed by atoms with Crippen molar-refractivity contribution < 1.29 is 9.72 Å². The van der Waals surface area contributed by atoms with Crippen molar-refractivity contribution in [1.29, 1.82) is 0 Å². The number of carbonyl (C=O) groups excluding carboxylic acids is 1. The van der Waals surface area contributed by atoms with Gasteiger partial charge in [0.1, 0.15) is 0 Å². The summed E-state index contributed by atoms with van der Waals surface area (Å²) in [5.74, 6) is -0.391. The van der Waals surface area contributed by atoms with Crippen molar-refractivity contribution in [1.82, 2.24) is 0 Å². The average Bonchev–Trinajstić information content (AvgIpc) is 2.43. The van der Waals surface area contributed by atoms with E-state index < -0.39 is 10.8 Å². The minimum atomic E-state index is -0.485. The van der Waals surface area contributed by atoms with E-state index in [0.717, 1.165) is 0 Å². The van der Waals surface area contributed by atoms with Gasteiger partial charge in [0.25, 0.3) is 11.6 Å². The lowest BCUT2D eigenvalue weighted by Crippen LogP contribution is -2.14. The molecule has 0 unspecified atom stereocenters. The molecule has 2 rings (SSSR count). The van der Waals surface area contributed by atoms with Gasteiger partial charge in [-0.2, -0.15) is 0 Å². The smallest absolute Gasteiger partial charge is 0.274 e. The molecule has 0 aromatic heterocycles. The Kier molecular flexibility index (Phi) is 4.23. The maximum atomic E-state index is 12.3. The summed E-state index contributed by atoms with van der Waals surface area (Å²) in [6, 6.07) is 9.40. The van der Waals surface area contributed by atoms with E-state index in [1.807, 2.05) is 0 Å². The minimum absolute atomic E-state index is 0.0422. The van der Waals surface area contributed by atoms with Gasteiger partial charge in [-0.3, -0.25) is 14.9 Å². The van der Waals surface area contributed by atoms with Crippen LogP contribution in [0.4, 0.5) is 17.1 Å². The summed E-state index contributed by atoms with van der Waals surface area (Å²) in [6.07, 6.45) is 0. The summed E-state index contributed by atoms with van der Waals surface area (Å²) in [7, 11) is 0. The Labute approximate surface area is 129 Å². The van der Waals surface area contributed by atoms with Crippen LogP contribution in [-0.4, -0.2) is 10.8 Å². The number of nitrogen functional groups attached to an aromatic ring is 1. The molecule has 0 aliphatic carbocycles. The maximum absolute atomic E-state index is 12.3. The second kappa shape index (κ2) is 5.92. The van der Waals surface area contributed by atoms with E-state index in [9.17, 15) is 14.9 Å². The van der Waals surface area contributed by atoms with Crippen molar-refractivity contribution in [3.05, 3.63) is 62.1 Å². The number of nitro benzene ring substituents is 1. The number of hydrogen-bond donors (Lipinski definition) is 2. The number of nitrogens with one attached hydrogen (secondary N) is 1. The number of benzene rings is 2. The third-order valence-electron chi connectivity index (χ3n) is 2.99. The molecule has 0 aliphatic heterocycles. The molecule has 0 saturated carbocycles. The van der Waals surface area contributed by atoms with Crippen LogP contribution in [0, 0.1) is 17.0 Å². The highest BCUT2D eigenvalue weighted by atomic mass is 79.9. The summed E-state index contributed by atoms with van der Waals surface area (Å²) >= 11 is 3.28. The lowest BCUT2D eigenvalue weighted by Gasteiger charge is -2.10. The SMILES string of the molecule is Cc1c(NC(=O)c2cc(N)ccc2Br)cccc1[N+](=O)[O-]. The van der Waals surface area contributed by atoms with Crippen LogP contribution < -0.4 is 11.1 Å². The predicted octanol–water partition coefficient (Wildman–Crippen LogP) is 3.50. The fourth-order valence-corrected chi connectivity index (χ4v) is 2.29.